The average Bonchev–Trinajstić information content (AvgIpc) is 3.10. The van der Waals surface area contributed by atoms with Crippen LogP contribution in [0.3, 0.4) is 0 Å². The summed E-state index contributed by atoms with van der Waals surface area (Å²) < 4.78 is 6.40. The lowest BCUT2D eigenvalue weighted by Gasteiger charge is -2.35. The molecule has 2 aromatic carbocycles. The fraction of sp³-hybridized carbons (Fsp3) is 0.276. The third-order valence-electron chi connectivity index (χ3n) is 6.51. The van der Waals surface area contributed by atoms with Crippen LogP contribution in [-0.4, -0.2) is 5.78 Å². The Morgan fingerprint density at radius 1 is 1.00 bits per heavy atom. The van der Waals surface area contributed by atoms with E-state index in [1.807, 2.05) is 60.7 Å². The molecular weight excluding hydrogens is 444 g/mol. The molecule has 5 heteroatoms. The maximum Gasteiger partial charge on any atom is 0.186 e. The molecule has 0 N–H and O–H groups in total. The number of carbonyl (C=O) groups is 1. The van der Waals surface area contributed by atoms with Gasteiger partial charge in [0, 0.05) is 32.7 Å². The van der Waals surface area contributed by atoms with Crippen molar-refractivity contribution < 1.29 is 9.21 Å². The van der Waals surface area contributed by atoms with Crippen molar-refractivity contribution in [2.45, 2.75) is 41.0 Å². The van der Waals surface area contributed by atoms with Crippen molar-refractivity contribution in [2.24, 2.45) is 21.1 Å². The summed E-state index contributed by atoms with van der Waals surface area (Å²) in [5, 5.41) is 10.8. The van der Waals surface area contributed by atoms with Crippen molar-refractivity contribution in [2.75, 3.05) is 0 Å². The average molecular weight is 471 g/mol. The molecule has 0 amide bonds. The lowest BCUT2D eigenvalue weighted by Crippen LogP contribution is -2.31. The molecule has 1 aromatic heterocycles. The van der Waals surface area contributed by atoms with Crippen LogP contribution in [0.2, 0.25) is 5.02 Å². The lowest BCUT2D eigenvalue weighted by atomic mass is 9.68. The van der Waals surface area contributed by atoms with E-state index in [1.54, 1.807) is 0 Å². The molecule has 3 aromatic rings. The molecule has 172 valence electrons. The predicted molar refractivity (Wildman–Crippen MR) is 137 cm³/mol. The van der Waals surface area contributed by atoms with Crippen molar-refractivity contribution in [1.82, 2.24) is 0 Å². The zero-order chi connectivity index (χ0) is 24.3. The number of halogens is 1. The van der Waals surface area contributed by atoms with Crippen LogP contribution in [0.4, 0.5) is 5.69 Å². The number of azo groups is 1. The Labute approximate surface area is 204 Å². The second-order valence-corrected chi connectivity index (χ2v) is 11.1. The molecule has 0 saturated heterocycles. The Balaban J connectivity index is 1.85. The van der Waals surface area contributed by atoms with Crippen molar-refractivity contribution in [1.29, 1.82) is 0 Å². The fourth-order valence-electron chi connectivity index (χ4n) is 4.69. The van der Waals surface area contributed by atoms with Crippen LogP contribution in [0.1, 0.15) is 45.9 Å². The van der Waals surface area contributed by atoms with Crippen LogP contribution in [0, 0.1) is 10.8 Å². The first-order valence-corrected chi connectivity index (χ1v) is 11.8. The summed E-state index contributed by atoms with van der Waals surface area (Å²) in [7, 11) is 0. The summed E-state index contributed by atoms with van der Waals surface area (Å²) in [6.45, 7) is 10.4. The normalized spacial score (nSPS) is 20.1. The molecule has 5 rings (SSSR count). The van der Waals surface area contributed by atoms with Crippen molar-refractivity contribution >= 4 is 39.7 Å². The summed E-state index contributed by atoms with van der Waals surface area (Å²) in [5.74, 6) is 0.768. The molecule has 0 radical (unpaired) electrons. The number of hydrogen-bond donors (Lipinski definition) is 0. The molecule has 2 bridgehead atoms. The highest BCUT2D eigenvalue weighted by Crippen LogP contribution is 2.47. The van der Waals surface area contributed by atoms with Gasteiger partial charge in [0.05, 0.1) is 5.69 Å². The molecule has 0 aliphatic heterocycles. The van der Waals surface area contributed by atoms with E-state index in [2.05, 4.69) is 39.7 Å². The summed E-state index contributed by atoms with van der Waals surface area (Å²) in [5.41, 5.74) is 4.75. The molecule has 0 spiro atoms. The Hall–Kier alpha value is -3.24. The van der Waals surface area contributed by atoms with Gasteiger partial charge in [-0.3, -0.25) is 4.79 Å². The molecule has 0 saturated carbocycles. The van der Waals surface area contributed by atoms with Crippen molar-refractivity contribution in [3.8, 4) is 0 Å². The van der Waals surface area contributed by atoms with E-state index >= 15 is 0 Å². The van der Waals surface area contributed by atoms with E-state index in [9.17, 15) is 4.79 Å². The molecule has 2 aliphatic carbocycles. The molecular formula is C29H27ClN2O2. The second-order valence-electron chi connectivity index (χ2n) is 10.6. The van der Waals surface area contributed by atoms with Crippen LogP contribution in [0.15, 0.2) is 92.0 Å². The molecule has 0 fully saturated rings. The number of Topliss-reactive ketones (excluding diaryl/α,β-unsaturated/α-hetero) is 1. The zero-order valence-electron chi connectivity index (χ0n) is 20.1. The topological polar surface area (TPSA) is 54.9 Å². The van der Waals surface area contributed by atoms with Crippen LogP contribution in [-0.2, 0) is 11.2 Å². The lowest BCUT2D eigenvalue weighted by molar-refractivity contribution is -0.114. The van der Waals surface area contributed by atoms with E-state index in [1.165, 1.54) is 0 Å². The zero-order valence-corrected chi connectivity index (χ0v) is 20.8. The molecule has 4 nitrogen and oxygen atoms in total. The van der Waals surface area contributed by atoms with E-state index in [-0.39, 0.29) is 11.2 Å². The smallest absolute Gasteiger partial charge is 0.186 e. The first-order chi connectivity index (χ1) is 16.0. The predicted octanol–water partition coefficient (Wildman–Crippen LogP) is 8.65. The van der Waals surface area contributed by atoms with Gasteiger partial charge >= 0.3 is 0 Å². The second kappa shape index (κ2) is 7.92. The number of ketones is 1. The number of nitrogens with zero attached hydrogens (tertiary/aromatic N) is 2. The van der Waals surface area contributed by atoms with Gasteiger partial charge in [-0.2, -0.15) is 5.11 Å². The van der Waals surface area contributed by atoms with Gasteiger partial charge < -0.3 is 4.42 Å². The first kappa shape index (κ1) is 22.5. The minimum Gasteiger partial charge on any atom is -0.454 e. The summed E-state index contributed by atoms with van der Waals surface area (Å²) in [6.07, 6.45) is 4.54. The largest absolute Gasteiger partial charge is 0.454 e. The SMILES string of the molecule is CC(C)(C)C1=C/C2=C(\N=Nc3ccccc3)c3oc4ccc(Cl)cc4c3CC(C)(C)C(=C2)C1=O. The third kappa shape index (κ3) is 3.86. The number of furan rings is 1. The van der Waals surface area contributed by atoms with Crippen LogP contribution in [0.25, 0.3) is 16.7 Å². The molecule has 1 heterocycles. The minimum atomic E-state index is -0.414. The Morgan fingerprint density at radius 3 is 2.44 bits per heavy atom. The third-order valence-corrected chi connectivity index (χ3v) is 6.74. The van der Waals surface area contributed by atoms with Gasteiger partial charge in [0.2, 0.25) is 0 Å². The maximum atomic E-state index is 13.7. The van der Waals surface area contributed by atoms with Gasteiger partial charge in [-0.25, -0.2) is 0 Å². The van der Waals surface area contributed by atoms with Gasteiger partial charge in [-0.05, 0) is 59.7 Å². The monoisotopic (exact) mass is 470 g/mol. The van der Waals surface area contributed by atoms with Crippen molar-refractivity contribution in [3.05, 3.63) is 93.7 Å². The first-order valence-electron chi connectivity index (χ1n) is 11.5. The Morgan fingerprint density at radius 2 is 1.74 bits per heavy atom. The maximum absolute atomic E-state index is 13.7. The van der Waals surface area contributed by atoms with Crippen LogP contribution in [0.5, 0.6) is 0 Å². The van der Waals surface area contributed by atoms with E-state index < -0.39 is 5.41 Å². The summed E-state index contributed by atoms with van der Waals surface area (Å²) >= 11 is 6.36. The molecule has 34 heavy (non-hydrogen) atoms. The van der Waals surface area contributed by atoms with Crippen LogP contribution < -0.4 is 0 Å². The van der Waals surface area contributed by atoms with Gasteiger partial charge in [0.25, 0.3) is 0 Å². The highest BCUT2D eigenvalue weighted by molar-refractivity contribution is 6.31. The van der Waals surface area contributed by atoms with Gasteiger partial charge in [0.1, 0.15) is 11.3 Å². The number of carbonyl (C=O) groups excluding carboxylic acids is 1. The standard InChI is InChI=1S/C29H27ClN2O2/c1-28(2,3)22-13-17-14-23(26(22)33)29(4,5)16-21-20-15-18(30)11-12-24(20)34-27(21)25(17)32-31-19-9-7-6-8-10-19/h6-15H,16H2,1-5H3/b25-17+,32-31?. The number of hydrogen-bond acceptors (Lipinski definition) is 4. The quantitative estimate of drug-likeness (QED) is 0.352. The molecule has 0 unspecified atom stereocenters. The van der Waals surface area contributed by atoms with Gasteiger partial charge in [-0.15, -0.1) is 5.11 Å². The molecule has 2 aliphatic rings. The van der Waals surface area contributed by atoms with Crippen LogP contribution >= 0.6 is 11.6 Å². The molecule has 0 atom stereocenters. The number of benzene rings is 2. The van der Waals surface area contributed by atoms with Gasteiger partial charge in [0.15, 0.2) is 11.5 Å². The summed E-state index contributed by atoms with van der Waals surface area (Å²) in [6, 6.07) is 15.2. The summed E-state index contributed by atoms with van der Waals surface area (Å²) in [4.78, 5) is 13.7. The highest BCUT2D eigenvalue weighted by atomic mass is 35.5. The highest BCUT2D eigenvalue weighted by Gasteiger charge is 2.40. The number of fused-ring (bicyclic) bond motifs is 4. The van der Waals surface area contributed by atoms with E-state index in [0.717, 1.165) is 38.9 Å². The fourth-order valence-corrected chi connectivity index (χ4v) is 4.86. The minimum absolute atomic E-state index is 0.0925. The van der Waals surface area contributed by atoms with Crippen molar-refractivity contribution in [3.63, 3.8) is 0 Å². The van der Waals surface area contributed by atoms with E-state index in [4.69, 9.17) is 21.1 Å². The Bertz CT molecular complexity index is 1440. The van der Waals surface area contributed by atoms with E-state index in [0.29, 0.717) is 22.9 Å². The van der Waals surface area contributed by atoms with Gasteiger partial charge in [-0.1, -0.05) is 64.4 Å². The number of rotatable bonds is 2. The Kier molecular flexibility index (Phi) is 5.25. The number of allylic oxidation sites excluding steroid dienone is 5.